The first-order valence-corrected chi connectivity index (χ1v) is 6.94. The van der Waals surface area contributed by atoms with Gasteiger partial charge in [-0.2, -0.15) is 4.98 Å². The van der Waals surface area contributed by atoms with Crippen LogP contribution in [0.1, 0.15) is 63.1 Å². The lowest BCUT2D eigenvalue weighted by molar-refractivity contribution is 0.113. The van der Waals surface area contributed by atoms with Gasteiger partial charge in [0.05, 0.1) is 17.6 Å². The van der Waals surface area contributed by atoms with Crippen LogP contribution in [0.3, 0.4) is 0 Å². The van der Waals surface area contributed by atoms with Crippen molar-refractivity contribution in [2.24, 2.45) is 5.73 Å². The Morgan fingerprint density at radius 1 is 1.28 bits per heavy atom. The Morgan fingerprint density at radius 2 is 2.06 bits per heavy atom. The largest absolute Gasteiger partial charge is 0.378 e. The van der Waals surface area contributed by atoms with Gasteiger partial charge in [0.1, 0.15) is 0 Å². The maximum absolute atomic E-state index is 6.41. The van der Waals surface area contributed by atoms with Crippen molar-refractivity contribution in [1.82, 2.24) is 10.1 Å². The highest BCUT2D eigenvalue weighted by molar-refractivity contribution is 5.08. The van der Waals surface area contributed by atoms with Gasteiger partial charge in [-0.3, -0.25) is 0 Å². The summed E-state index contributed by atoms with van der Waals surface area (Å²) in [4.78, 5) is 4.56. The molecule has 2 N–H and O–H groups in total. The van der Waals surface area contributed by atoms with Crippen molar-refractivity contribution in [3.63, 3.8) is 0 Å². The Hall–Kier alpha value is -0.940. The SMILES string of the molecule is CC1OCCC1c1nc(C2(N)CCCCC2)no1. The third-order valence-electron chi connectivity index (χ3n) is 4.33. The lowest BCUT2D eigenvalue weighted by Gasteiger charge is -2.29. The van der Waals surface area contributed by atoms with Gasteiger partial charge in [0, 0.05) is 6.61 Å². The van der Waals surface area contributed by atoms with E-state index in [1.54, 1.807) is 0 Å². The second-order valence-electron chi connectivity index (χ2n) is 5.64. The fourth-order valence-electron chi connectivity index (χ4n) is 3.05. The molecule has 1 aliphatic heterocycles. The summed E-state index contributed by atoms with van der Waals surface area (Å²) in [5.41, 5.74) is 6.04. The summed E-state index contributed by atoms with van der Waals surface area (Å²) < 4.78 is 11.0. The van der Waals surface area contributed by atoms with Gasteiger partial charge in [0.2, 0.25) is 5.89 Å². The Kier molecular flexibility index (Phi) is 3.11. The number of rotatable bonds is 2. The van der Waals surface area contributed by atoms with Crippen LogP contribution in [0.2, 0.25) is 0 Å². The zero-order valence-corrected chi connectivity index (χ0v) is 10.9. The molecule has 2 atom stereocenters. The number of aromatic nitrogens is 2. The predicted octanol–water partition coefficient (Wildman–Crippen LogP) is 2.08. The molecular weight excluding hydrogens is 230 g/mol. The lowest BCUT2D eigenvalue weighted by atomic mass is 9.82. The summed E-state index contributed by atoms with van der Waals surface area (Å²) in [6, 6.07) is 0. The molecule has 2 fully saturated rings. The second kappa shape index (κ2) is 4.63. The molecule has 2 heterocycles. The molecule has 1 aromatic rings. The van der Waals surface area contributed by atoms with E-state index < -0.39 is 0 Å². The quantitative estimate of drug-likeness (QED) is 0.871. The van der Waals surface area contributed by atoms with Crippen molar-refractivity contribution in [3.05, 3.63) is 11.7 Å². The van der Waals surface area contributed by atoms with Crippen LogP contribution in [0.4, 0.5) is 0 Å². The van der Waals surface area contributed by atoms with E-state index in [0.717, 1.165) is 38.7 Å². The molecule has 1 saturated heterocycles. The minimum atomic E-state index is -0.372. The van der Waals surface area contributed by atoms with Crippen LogP contribution >= 0.6 is 0 Å². The van der Waals surface area contributed by atoms with Gasteiger partial charge < -0.3 is 15.0 Å². The molecule has 100 valence electrons. The Balaban J connectivity index is 1.80. The van der Waals surface area contributed by atoms with Crippen LogP contribution in [-0.2, 0) is 10.3 Å². The van der Waals surface area contributed by atoms with E-state index >= 15 is 0 Å². The zero-order chi connectivity index (χ0) is 12.6. The van der Waals surface area contributed by atoms with E-state index in [1.807, 2.05) is 0 Å². The van der Waals surface area contributed by atoms with Crippen LogP contribution in [0.25, 0.3) is 0 Å². The first kappa shape index (κ1) is 12.1. The van der Waals surface area contributed by atoms with Gasteiger partial charge in [-0.25, -0.2) is 0 Å². The summed E-state index contributed by atoms with van der Waals surface area (Å²) in [5, 5.41) is 4.12. The van der Waals surface area contributed by atoms with E-state index in [2.05, 4.69) is 17.1 Å². The van der Waals surface area contributed by atoms with Gasteiger partial charge in [-0.1, -0.05) is 24.4 Å². The maximum atomic E-state index is 6.41. The van der Waals surface area contributed by atoms with Crippen molar-refractivity contribution in [1.29, 1.82) is 0 Å². The lowest BCUT2D eigenvalue weighted by Crippen LogP contribution is -2.39. The molecule has 0 bridgehead atoms. The fourth-order valence-corrected chi connectivity index (χ4v) is 3.05. The van der Waals surface area contributed by atoms with Crippen LogP contribution in [0, 0.1) is 0 Å². The van der Waals surface area contributed by atoms with Gasteiger partial charge in [-0.05, 0) is 26.2 Å². The highest BCUT2D eigenvalue weighted by atomic mass is 16.5. The summed E-state index contributed by atoms with van der Waals surface area (Å²) in [6.45, 7) is 2.83. The summed E-state index contributed by atoms with van der Waals surface area (Å²) >= 11 is 0. The Labute approximate surface area is 107 Å². The van der Waals surface area contributed by atoms with Gasteiger partial charge in [0.15, 0.2) is 5.82 Å². The minimum absolute atomic E-state index is 0.165. The highest BCUT2D eigenvalue weighted by Gasteiger charge is 2.37. The maximum Gasteiger partial charge on any atom is 0.232 e. The topological polar surface area (TPSA) is 74.2 Å². The summed E-state index contributed by atoms with van der Waals surface area (Å²) in [7, 11) is 0. The molecule has 2 unspecified atom stereocenters. The third-order valence-corrected chi connectivity index (χ3v) is 4.33. The molecule has 0 radical (unpaired) electrons. The van der Waals surface area contributed by atoms with Crippen LogP contribution in [0.15, 0.2) is 4.52 Å². The van der Waals surface area contributed by atoms with Crippen molar-refractivity contribution < 1.29 is 9.26 Å². The van der Waals surface area contributed by atoms with Crippen LogP contribution in [0.5, 0.6) is 0 Å². The number of hydrogen-bond acceptors (Lipinski definition) is 5. The van der Waals surface area contributed by atoms with Crippen LogP contribution < -0.4 is 5.73 Å². The average Bonchev–Trinajstić information content (AvgIpc) is 2.98. The van der Waals surface area contributed by atoms with Crippen molar-refractivity contribution >= 4 is 0 Å². The summed E-state index contributed by atoms with van der Waals surface area (Å²) in [5.74, 6) is 1.63. The van der Waals surface area contributed by atoms with Crippen molar-refractivity contribution in [3.8, 4) is 0 Å². The molecule has 5 nitrogen and oxygen atoms in total. The zero-order valence-electron chi connectivity index (χ0n) is 10.9. The summed E-state index contributed by atoms with van der Waals surface area (Å²) in [6.07, 6.45) is 6.62. The van der Waals surface area contributed by atoms with E-state index in [1.165, 1.54) is 6.42 Å². The fraction of sp³-hybridized carbons (Fsp3) is 0.846. The Morgan fingerprint density at radius 3 is 2.72 bits per heavy atom. The number of ether oxygens (including phenoxy) is 1. The molecule has 3 rings (SSSR count). The first-order valence-electron chi connectivity index (χ1n) is 6.94. The van der Waals surface area contributed by atoms with Crippen molar-refractivity contribution in [2.75, 3.05) is 6.61 Å². The monoisotopic (exact) mass is 251 g/mol. The van der Waals surface area contributed by atoms with E-state index in [-0.39, 0.29) is 17.6 Å². The van der Waals surface area contributed by atoms with Gasteiger partial charge >= 0.3 is 0 Å². The standard InChI is InChI=1S/C13H21N3O2/c1-9-10(5-8-17-9)11-15-12(16-18-11)13(14)6-3-2-4-7-13/h9-10H,2-8,14H2,1H3. The molecule has 2 aliphatic rings. The molecular formula is C13H21N3O2. The molecule has 1 saturated carbocycles. The number of nitrogens with zero attached hydrogens (tertiary/aromatic N) is 2. The van der Waals surface area contributed by atoms with Gasteiger partial charge in [0.25, 0.3) is 0 Å². The van der Waals surface area contributed by atoms with Gasteiger partial charge in [-0.15, -0.1) is 0 Å². The smallest absolute Gasteiger partial charge is 0.232 e. The predicted molar refractivity (Wildman–Crippen MR) is 66.0 cm³/mol. The van der Waals surface area contributed by atoms with E-state index in [0.29, 0.717) is 11.7 Å². The first-order chi connectivity index (χ1) is 8.69. The number of hydrogen-bond donors (Lipinski definition) is 1. The van der Waals surface area contributed by atoms with E-state index in [9.17, 15) is 0 Å². The molecule has 1 aliphatic carbocycles. The molecule has 1 aromatic heterocycles. The van der Waals surface area contributed by atoms with Crippen LogP contribution in [-0.4, -0.2) is 22.9 Å². The average molecular weight is 251 g/mol. The second-order valence-corrected chi connectivity index (χ2v) is 5.64. The molecule has 18 heavy (non-hydrogen) atoms. The molecule has 0 spiro atoms. The molecule has 5 heteroatoms. The minimum Gasteiger partial charge on any atom is -0.378 e. The molecule has 0 aromatic carbocycles. The Bertz CT molecular complexity index is 412. The number of nitrogens with two attached hydrogens (primary N) is 1. The molecule has 0 amide bonds. The van der Waals surface area contributed by atoms with Crippen molar-refractivity contribution in [2.45, 2.75) is 63.0 Å². The highest BCUT2D eigenvalue weighted by Crippen LogP contribution is 2.35. The normalized spacial score (nSPS) is 31.7. The van der Waals surface area contributed by atoms with E-state index in [4.69, 9.17) is 15.0 Å². The third kappa shape index (κ3) is 2.06.